The van der Waals surface area contributed by atoms with Gasteiger partial charge in [-0.05, 0) is 17.5 Å². The van der Waals surface area contributed by atoms with Crippen LogP contribution in [0.4, 0.5) is 0 Å². The van der Waals surface area contributed by atoms with Crippen LogP contribution < -0.4 is 4.67 Å². The minimum atomic E-state index is -0.433. The van der Waals surface area contributed by atoms with Gasteiger partial charge >= 0.3 is 0 Å². The quantitative estimate of drug-likeness (QED) is 0.273. The van der Waals surface area contributed by atoms with E-state index in [2.05, 4.69) is 66.4 Å². The van der Waals surface area contributed by atoms with Crippen LogP contribution in [0.5, 0.6) is 0 Å². The third kappa shape index (κ3) is 2.63. The van der Waals surface area contributed by atoms with Gasteiger partial charge in [-0.25, -0.2) is 4.58 Å². The number of benzene rings is 2. The van der Waals surface area contributed by atoms with E-state index in [0.717, 1.165) is 12.0 Å². The Morgan fingerprint density at radius 1 is 1.15 bits per heavy atom. The highest BCUT2D eigenvalue weighted by molar-refractivity contribution is 6.03. The molecule has 0 N–H and O–H groups in total. The Balaban J connectivity index is 1.83. The Labute approximate surface area is 160 Å². The summed E-state index contributed by atoms with van der Waals surface area (Å²) in [4.78, 5) is 12.9. The Hall–Kier alpha value is -3.03. The van der Waals surface area contributed by atoms with Gasteiger partial charge in [-0.2, -0.15) is 0 Å². The van der Waals surface area contributed by atoms with E-state index in [9.17, 15) is 4.79 Å². The van der Waals surface area contributed by atoms with Crippen LogP contribution in [0.3, 0.4) is 0 Å². The van der Waals surface area contributed by atoms with E-state index >= 15 is 0 Å². The predicted octanol–water partition coefficient (Wildman–Crippen LogP) is 3.00. The van der Waals surface area contributed by atoms with Crippen LogP contribution in [0.1, 0.15) is 35.3 Å². The molecule has 0 fully saturated rings. The molecule has 3 nitrogen and oxygen atoms in total. The molecule has 3 heteroatoms. The number of hydrogen-bond acceptors (Lipinski definition) is 1. The number of rotatable bonds is 4. The third-order valence-corrected chi connectivity index (χ3v) is 5.88. The van der Waals surface area contributed by atoms with Gasteiger partial charge in [0.15, 0.2) is 17.2 Å². The smallest absolute Gasteiger partial charge is 0.287 e. The van der Waals surface area contributed by atoms with Crippen LogP contribution in [0.15, 0.2) is 66.2 Å². The molecule has 0 amide bonds. The molecule has 4 rings (SSSR count). The fourth-order valence-corrected chi connectivity index (χ4v) is 4.51. The molecule has 27 heavy (non-hydrogen) atoms. The first-order valence-corrected chi connectivity index (χ1v) is 9.30. The molecule has 2 aliphatic rings. The second kappa shape index (κ2) is 6.29. The topological polar surface area (TPSA) is 34.2 Å². The van der Waals surface area contributed by atoms with Gasteiger partial charge in [0.25, 0.3) is 12.9 Å². The molecule has 0 saturated carbocycles. The molecule has 0 spiro atoms. The zero-order valence-corrected chi connectivity index (χ0v) is 15.9. The van der Waals surface area contributed by atoms with Gasteiger partial charge in [0, 0.05) is 25.0 Å². The highest BCUT2D eigenvalue weighted by atomic mass is 16.1. The molecule has 0 radical (unpaired) electrons. The molecule has 0 unspecified atom stereocenters. The summed E-state index contributed by atoms with van der Waals surface area (Å²) >= 11 is 0. The summed E-state index contributed by atoms with van der Waals surface area (Å²) < 4.78 is 6.33. The van der Waals surface area contributed by atoms with Gasteiger partial charge in [0.1, 0.15) is 0 Å². The normalized spacial score (nSPS) is 22.0. The molecule has 0 aromatic heterocycles. The average Bonchev–Trinajstić information content (AvgIpc) is 2.90. The van der Waals surface area contributed by atoms with Crippen molar-refractivity contribution in [2.24, 2.45) is 0 Å². The van der Waals surface area contributed by atoms with Crippen molar-refractivity contribution in [2.45, 2.75) is 31.2 Å². The van der Waals surface area contributed by atoms with Crippen molar-refractivity contribution in [1.82, 2.24) is 4.67 Å². The summed E-state index contributed by atoms with van der Waals surface area (Å²) in [5.41, 5.74) is 3.82. The van der Waals surface area contributed by atoms with E-state index < -0.39 is 5.41 Å². The van der Waals surface area contributed by atoms with Crippen molar-refractivity contribution in [1.29, 1.82) is 0 Å². The van der Waals surface area contributed by atoms with E-state index in [1.54, 1.807) is 0 Å². The van der Waals surface area contributed by atoms with Crippen molar-refractivity contribution >= 4 is 24.9 Å². The second-order valence-corrected chi connectivity index (χ2v) is 7.76. The lowest BCUT2D eigenvalue weighted by Gasteiger charge is -2.29. The number of carbonyl (C=O) groups is 1. The van der Waals surface area contributed by atoms with Crippen molar-refractivity contribution in [2.75, 3.05) is 6.54 Å². The van der Waals surface area contributed by atoms with Crippen molar-refractivity contribution in [3.8, 4) is 0 Å². The maximum absolute atomic E-state index is 12.9. The number of hydrogen-bond donors (Lipinski definition) is 0. The van der Waals surface area contributed by atoms with Crippen LogP contribution >= 0.6 is 0 Å². The fraction of sp³-hybridized carbons (Fsp3) is 0.250. The number of Topliss-reactive ketones (excluding diaryl/α,β-unsaturated/α-hetero) is 1. The first kappa shape index (κ1) is 17.4. The molecule has 1 aliphatic heterocycles. The predicted molar refractivity (Wildman–Crippen MR) is 111 cm³/mol. The van der Waals surface area contributed by atoms with E-state index in [1.807, 2.05) is 36.5 Å². The largest absolute Gasteiger partial charge is 0.293 e. The SMILES string of the molecule is C=[N+]=C[C@@]12C=[N+](CC(=O)c3ccccc3)C(C)(C)C1=CCc1ccccc12. The highest BCUT2D eigenvalue weighted by Gasteiger charge is 2.59. The first-order chi connectivity index (χ1) is 13.0. The number of carbonyl (C=O) groups excluding carboxylic acids is 1. The van der Waals surface area contributed by atoms with Crippen LogP contribution in [0, 0.1) is 0 Å². The van der Waals surface area contributed by atoms with E-state index in [1.165, 1.54) is 16.7 Å². The number of nitrogens with zero attached hydrogens (tertiary/aromatic N) is 2. The zero-order valence-electron chi connectivity index (χ0n) is 15.9. The number of allylic oxidation sites excluding steroid dienone is 1. The molecule has 2 aromatic rings. The van der Waals surface area contributed by atoms with E-state index in [0.29, 0.717) is 6.54 Å². The van der Waals surface area contributed by atoms with E-state index in [-0.39, 0.29) is 11.3 Å². The van der Waals surface area contributed by atoms with Crippen molar-refractivity contribution in [3.05, 3.63) is 82.9 Å². The monoisotopic (exact) mass is 356 g/mol. The molecular weight excluding hydrogens is 332 g/mol. The van der Waals surface area contributed by atoms with E-state index in [4.69, 9.17) is 0 Å². The molecule has 1 heterocycles. The Kier molecular flexibility index (Phi) is 4.05. The standard InChI is InChI=1S/C24H24N2O/c1-23(2)22-14-13-18-9-7-8-12-20(18)24(22,16-25-3)17-26(23)15-21(27)19-10-5-4-6-11-19/h4-12,14,16-17H,3,13,15H2,1-2H3/q+2/t24-/m0/s1. The van der Waals surface area contributed by atoms with Crippen molar-refractivity contribution in [3.63, 3.8) is 0 Å². The second-order valence-electron chi connectivity index (χ2n) is 7.76. The van der Waals surface area contributed by atoms with Gasteiger partial charge in [-0.3, -0.25) is 4.79 Å². The van der Waals surface area contributed by atoms with Gasteiger partial charge < -0.3 is 0 Å². The Morgan fingerprint density at radius 3 is 2.59 bits per heavy atom. The maximum Gasteiger partial charge on any atom is 0.293 e. The zero-order chi connectivity index (χ0) is 19.1. The summed E-state index contributed by atoms with van der Waals surface area (Å²) in [6.07, 6.45) is 7.29. The molecule has 1 aliphatic carbocycles. The molecule has 0 bridgehead atoms. The maximum atomic E-state index is 12.9. The lowest BCUT2D eigenvalue weighted by atomic mass is 9.67. The van der Waals surface area contributed by atoms with Crippen molar-refractivity contribution < 1.29 is 9.37 Å². The lowest BCUT2D eigenvalue weighted by molar-refractivity contribution is -0.568. The summed E-state index contributed by atoms with van der Waals surface area (Å²) in [5.74, 6) is 0.120. The van der Waals surface area contributed by atoms with Gasteiger partial charge in [-0.15, -0.1) is 4.67 Å². The number of ketones is 1. The minimum Gasteiger partial charge on any atom is -0.287 e. The Morgan fingerprint density at radius 2 is 1.85 bits per heavy atom. The van der Waals surface area contributed by atoms with Crippen LogP contribution in [-0.4, -0.2) is 41.6 Å². The van der Waals surface area contributed by atoms with Gasteiger partial charge in [0.05, 0.1) is 0 Å². The highest BCUT2D eigenvalue weighted by Crippen LogP contribution is 2.46. The molecule has 2 aromatic carbocycles. The van der Waals surface area contributed by atoms with Crippen LogP contribution in [0.2, 0.25) is 0 Å². The summed E-state index contributed by atoms with van der Waals surface area (Å²) in [6, 6.07) is 18.0. The van der Waals surface area contributed by atoms with Gasteiger partial charge in [-0.1, -0.05) is 60.7 Å². The first-order valence-electron chi connectivity index (χ1n) is 9.30. The Bertz CT molecular complexity index is 1020. The number of fused-ring (bicyclic) bond motifs is 3. The lowest BCUT2D eigenvalue weighted by Crippen LogP contribution is -2.41. The molecular formula is C24H24N2O+2. The molecule has 0 saturated heterocycles. The van der Waals surface area contributed by atoms with Crippen LogP contribution in [-0.2, 0) is 11.8 Å². The summed E-state index contributed by atoms with van der Waals surface area (Å²) in [7, 11) is 0. The van der Waals surface area contributed by atoms with Crippen LogP contribution in [0.25, 0.3) is 0 Å². The summed E-state index contributed by atoms with van der Waals surface area (Å²) in [5, 5.41) is 0. The molecule has 134 valence electrons. The fourth-order valence-electron chi connectivity index (χ4n) is 4.51. The minimum absolute atomic E-state index is 0.120. The summed E-state index contributed by atoms with van der Waals surface area (Å²) in [6.45, 7) is 8.42. The average molecular weight is 356 g/mol. The third-order valence-electron chi connectivity index (χ3n) is 5.88. The van der Waals surface area contributed by atoms with Gasteiger partial charge in [0.2, 0.25) is 12.3 Å². The molecule has 1 atom stereocenters.